The van der Waals surface area contributed by atoms with Gasteiger partial charge in [0, 0.05) is 22.5 Å². The van der Waals surface area contributed by atoms with Crippen LogP contribution in [0.15, 0.2) is 58.8 Å². The lowest BCUT2D eigenvalue weighted by molar-refractivity contribution is -0.139. The molecule has 1 heterocycles. The number of nitrogens with one attached hydrogen (secondary N) is 4. The largest absolute Gasteiger partial charge is 0.507 e. The van der Waals surface area contributed by atoms with E-state index in [0.29, 0.717) is 32.6 Å². The summed E-state index contributed by atoms with van der Waals surface area (Å²) in [5.74, 6) is -0.351. The Balaban J connectivity index is 1.98. The number of hydrogen-bond acceptors (Lipinski definition) is 6. The lowest BCUT2D eigenvalue weighted by atomic mass is 9.82. The van der Waals surface area contributed by atoms with Crippen molar-refractivity contribution in [3.8, 4) is 5.75 Å². The Morgan fingerprint density at radius 3 is 2.58 bits per heavy atom. The number of phenols is 1. The van der Waals surface area contributed by atoms with Crippen molar-refractivity contribution in [2.45, 2.75) is 46.1 Å². The molecule has 0 radical (unpaired) electrons. The summed E-state index contributed by atoms with van der Waals surface area (Å²) < 4.78 is 5.30. The van der Waals surface area contributed by atoms with Crippen LogP contribution in [0, 0.1) is 0 Å². The summed E-state index contributed by atoms with van der Waals surface area (Å²) >= 11 is 10.7. The van der Waals surface area contributed by atoms with E-state index >= 15 is 0 Å². The van der Waals surface area contributed by atoms with Gasteiger partial charge in [-0.05, 0) is 73.5 Å². The molecule has 10 heteroatoms. The van der Waals surface area contributed by atoms with Gasteiger partial charge >= 0.3 is 5.97 Å². The molecule has 1 aliphatic rings. The highest BCUT2D eigenvalue weighted by molar-refractivity contribution is 7.80. The lowest BCUT2D eigenvalue weighted by Gasteiger charge is -2.31. The fourth-order valence-electron chi connectivity index (χ4n) is 3.78. The van der Waals surface area contributed by atoms with E-state index in [-0.39, 0.29) is 12.4 Å². The molecule has 190 valence electrons. The summed E-state index contributed by atoms with van der Waals surface area (Å²) in [6, 6.07) is 12.5. The third-order valence-electron chi connectivity index (χ3n) is 5.47. The van der Waals surface area contributed by atoms with Gasteiger partial charge in [0.05, 0.1) is 24.4 Å². The number of hydrazone groups is 1. The van der Waals surface area contributed by atoms with E-state index in [1.54, 1.807) is 19.9 Å². The molecule has 1 aliphatic heterocycles. The number of esters is 1. The minimum absolute atomic E-state index is 0.0913. The van der Waals surface area contributed by atoms with E-state index in [1.165, 1.54) is 6.21 Å². The molecule has 0 spiro atoms. The maximum atomic E-state index is 12.8. The summed E-state index contributed by atoms with van der Waals surface area (Å²) in [6.45, 7) is 9.78. The molecule has 1 unspecified atom stereocenters. The van der Waals surface area contributed by atoms with Gasteiger partial charge in [-0.25, -0.2) is 4.79 Å². The van der Waals surface area contributed by atoms with Crippen LogP contribution in [0.5, 0.6) is 5.75 Å². The van der Waals surface area contributed by atoms with E-state index in [4.69, 9.17) is 29.2 Å². The number of hydrogen-bond donors (Lipinski definition) is 5. The van der Waals surface area contributed by atoms with E-state index in [2.05, 4.69) is 26.5 Å². The zero-order valence-electron chi connectivity index (χ0n) is 20.9. The predicted molar refractivity (Wildman–Crippen MR) is 151 cm³/mol. The first-order valence-electron chi connectivity index (χ1n) is 11.5. The van der Waals surface area contributed by atoms with Crippen LogP contribution in [0.1, 0.15) is 57.4 Å². The SMILES string of the molecule is CCOC(=O)C1=C(C)NC(=S)NC1c1cc(/C=N/NC(=S)Nc2ccccc2)c(O)c(C(C)(C)C)c1. The number of allylic oxidation sites excluding steroid dienone is 1. The average Bonchev–Trinajstić information content (AvgIpc) is 2.79. The van der Waals surface area contributed by atoms with Crippen LogP contribution >= 0.6 is 24.4 Å². The van der Waals surface area contributed by atoms with E-state index in [0.717, 1.165) is 11.3 Å². The molecule has 2 aromatic rings. The Kier molecular flexibility index (Phi) is 8.65. The molecule has 36 heavy (non-hydrogen) atoms. The van der Waals surface area contributed by atoms with Crippen molar-refractivity contribution in [1.82, 2.24) is 16.1 Å². The molecule has 0 amide bonds. The maximum absolute atomic E-state index is 12.8. The van der Waals surface area contributed by atoms with Crippen molar-refractivity contribution in [2.75, 3.05) is 11.9 Å². The van der Waals surface area contributed by atoms with Gasteiger partial charge < -0.3 is 25.8 Å². The summed E-state index contributed by atoms with van der Waals surface area (Å²) in [7, 11) is 0. The van der Waals surface area contributed by atoms with Crippen LogP contribution in [-0.2, 0) is 14.9 Å². The van der Waals surface area contributed by atoms with Gasteiger partial charge in [-0.2, -0.15) is 5.10 Å². The van der Waals surface area contributed by atoms with Crippen LogP contribution in [-0.4, -0.2) is 34.1 Å². The normalized spacial score (nSPS) is 15.8. The zero-order chi connectivity index (χ0) is 26.5. The first-order chi connectivity index (χ1) is 17.0. The number of nitrogens with zero attached hydrogens (tertiary/aromatic N) is 1. The number of rotatable bonds is 6. The molecule has 0 saturated carbocycles. The third-order valence-corrected chi connectivity index (χ3v) is 5.88. The second-order valence-electron chi connectivity index (χ2n) is 9.24. The number of para-hydroxylation sites is 1. The number of benzene rings is 2. The summed E-state index contributed by atoms with van der Waals surface area (Å²) in [5, 5.41) is 25.2. The molecule has 0 aliphatic carbocycles. The van der Waals surface area contributed by atoms with Gasteiger partial charge in [-0.3, -0.25) is 5.43 Å². The van der Waals surface area contributed by atoms with Crippen LogP contribution in [0.2, 0.25) is 0 Å². The number of ether oxygens (including phenoxy) is 1. The molecule has 5 N–H and O–H groups in total. The number of carbonyl (C=O) groups is 1. The molecule has 8 nitrogen and oxygen atoms in total. The quantitative estimate of drug-likeness (QED) is 0.163. The Morgan fingerprint density at radius 2 is 1.94 bits per heavy atom. The van der Waals surface area contributed by atoms with Crippen molar-refractivity contribution in [3.63, 3.8) is 0 Å². The summed E-state index contributed by atoms with van der Waals surface area (Å²) in [4.78, 5) is 12.8. The number of phenolic OH excluding ortho intramolecular Hbond substituents is 1. The summed E-state index contributed by atoms with van der Waals surface area (Å²) in [5.41, 5.74) is 6.12. The molecule has 3 rings (SSSR count). The fraction of sp³-hybridized carbons (Fsp3) is 0.308. The monoisotopic (exact) mass is 525 g/mol. The molecular weight excluding hydrogens is 494 g/mol. The molecule has 0 aromatic heterocycles. The Morgan fingerprint density at radius 1 is 1.25 bits per heavy atom. The van der Waals surface area contributed by atoms with E-state index in [1.807, 2.05) is 57.2 Å². The van der Waals surface area contributed by atoms with E-state index in [9.17, 15) is 9.90 Å². The van der Waals surface area contributed by atoms with Gasteiger partial charge in [0.2, 0.25) is 0 Å². The summed E-state index contributed by atoms with van der Waals surface area (Å²) in [6.07, 6.45) is 1.49. The highest BCUT2D eigenvalue weighted by Gasteiger charge is 2.32. The van der Waals surface area contributed by atoms with Crippen LogP contribution < -0.4 is 21.4 Å². The van der Waals surface area contributed by atoms with Gasteiger partial charge in [-0.15, -0.1) is 0 Å². The third kappa shape index (κ3) is 6.58. The van der Waals surface area contributed by atoms with E-state index < -0.39 is 17.4 Å². The second-order valence-corrected chi connectivity index (χ2v) is 10.1. The van der Waals surface area contributed by atoms with Gasteiger partial charge in [0.25, 0.3) is 0 Å². The molecule has 0 fully saturated rings. The first-order valence-corrected chi connectivity index (χ1v) is 12.3. The minimum atomic E-state index is -0.569. The fourth-order valence-corrected chi connectivity index (χ4v) is 4.22. The lowest BCUT2D eigenvalue weighted by Crippen LogP contribution is -2.45. The van der Waals surface area contributed by atoms with Crippen molar-refractivity contribution in [3.05, 3.63) is 70.4 Å². The van der Waals surface area contributed by atoms with Gasteiger partial charge in [0.15, 0.2) is 10.2 Å². The topological polar surface area (TPSA) is 107 Å². The second kappa shape index (κ2) is 11.5. The first kappa shape index (κ1) is 27.1. The molecule has 0 saturated heterocycles. The molecule has 2 aromatic carbocycles. The smallest absolute Gasteiger partial charge is 0.338 e. The maximum Gasteiger partial charge on any atom is 0.338 e. The number of carbonyl (C=O) groups excluding carboxylic acids is 1. The number of aromatic hydroxyl groups is 1. The van der Waals surface area contributed by atoms with Crippen molar-refractivity contribution >= 4 is 52.5 Å². The average molecular weight is 526 g/mol. The minimum Gasteiger partial charge on any atom is -0.507 e. The van der Waals surface area contributed by atoms with Crippen LogP contribution in [0.4, 0.5) is 5.69 Å². The molecule has 0 bridgehead atoms. The predicted octanol–water partition coefficient (Wildman–Crippen LogP) is 4.37. The van der Waals surface area contributed by atoms with Gasteiger partial charge in [-0.1, -0.05) is 39.0 Å². The number of thiocarbonyl (C=S) groups is 2. The Hall–Kier alpha value is -3.50. The van der Waals surface area contributed by atoms with Gasteiger partial charge in [0.1, 0.15) is 5.75 Å². The van der Waals surface area contributed by atoms with Crippen LogP contribution in [0.25, 0.3) is 0 Å². The zero-order valence-corrected chi connectivity index (χ0v) is 22.6. The Bertz CT molecular complexity index is 1220. The van der Waals surface area contributed by atoms with Crippen molar-refractivity contribution in [1.29, 1.82) is 0 Å². The number of anilines is 1. The highest BCUT2D eigenvalue weighted by atomic mass is 32.1. The standard InChI is InChI=1S/C26H31N5O3S2/c1-6-34-23(33)20-15(2)28-24(35)30-21(20)16-12-17(22(32)19(13-16)26(3,4)5)14-27-31-25(36)29-18-10-8-7-9-11-18/h7-14,21,32H,6H2,1-5H3,(H2,28,30,35)(H2,29,31,36)/b27-14+. The molecular formula is C26H31N5O3S2. The van der Waals surface area contributed by atoms with Crippen LogP contribution in [0.3, 0.4) is 0 Å². The molecule has 1 atom stereocenters. The highest BCUT2D eigenvalue weighted by Crippen LogP contribution is 2.37. The van der Waals surface area contributed by atoms with Crippen molar-refractivity contribution < 1.29 is 14.6 Å². The van der Waals surface area contributed by atoms with Crippen molar-refractivity contribution in [2.24, 2.45) is 5.10 Å². The Labute approximate surface area is 222 Å².